The average molecular weight is 292 g/mol. The van der Waals surface area contributed by atoms with E-state index in [1.807, 2.05) is 24.3 Å². The lowest BCUT2D eigenvalue weighted by Gasteiger charge is -2.30. The van der Waals surface area contributed by atoms with E-state index in [9.17, 15) is 0 Å². The van der Waals surface area contributed by atoms with Crippen LogP contribution in [-0.4, -0.2) is 23.0 Å². The second-order valence-electron chi connectivity index (χ2n) is 6.06. The third kappa shape index (κ3) is 2.77. The number of oxazole rings is 1. The minimum Gasteiger partial charge on any atom is -0.440 e. The number of rotatable bonds is 3. The van der Waals surface area contributed by atoms with Crippen molar-refractivity contribution >= 4 is 11.1 Å². The summed E-state index contributed by atoms with van der Waals surface area (Å²) in [6, 6.07) is 18.7. The molecule has 2 aromatic carbocycles. The van der Waals surface area contributed by atoms with Gasteiger partial charge in [-0.1, -0.05) is 42.5 Å². The van der Waals surface area contributed by atoms with Crippen molar-refractivity contribution in [1.29, 1.82) is 0 Å². The Balaban J connectivity index is 1.41. The maximum absolute atomic E-state index is 5.93. The van der Waals surface area contributed by atoms with Gasteiger partial charge in [-0.3, -0.25) is 4.90 Å². The Morgan fingerprint density at radius 3 is 2.45 bits per heavy atom. The number of fused-ring (bicyclic) bond motifs is 1. The minimum absolute atomic E-state index is 0.458. The fourth-order valence-electron chi connectivity index (χ4n) is 3.24. The molecule has 0 bridgehead atoms. The van der Waals surface area contributed by atoms with Gasteiger partial charge in [-0.2, -0.15) is 0 Å². The van der Waals surface area contributed by atoms with Crippen molar-refractivity contribution < 1.29 is 4.42 Å². The van der Waals surface area contributed by atoms with Crippen LogP contribution in [0.3, 0.4) is 0 Å². The van der Waals surface area contributed by atoms with Crippen LogP contribution in [0.5, 0.6) is 0 Å². The molecule has 0 unspecified atom stereocenters. The van der Waals surface area contributed by atoms with Crippen molar-refractivity contribution in [2.75, 3.05) is 13.1 Å². The lowest BCUT2D eigenvalue weighted by molar-refractivity contribution is 0.194. The molecule has 0 aliphatic carbocycles. The molecular formula is C19H20N2O. The Bertz CT molecular complexity index is 709. The number of piperidine rings is 1. The van der Waals surface area contributed by atoms with E-state index in [2.05, 4.69) is 40.2 Å². The van der Waals surface area contributed by atoms with E-state index >= 15 is 0 Å². The molecule has 0 saturated carbocycles. The molecule has 3 heteroatoms. The third-order valence-corrected chi connectivity index (χ3v) is 4.50. The maximum Gasteiger partial charge on any atom is 0.198 e. The van der Waals surface area contributed by atoms with Crippen molar-refractivity contribution in [2.24, 2.45) is 0 Å². The van der Waals surface area contributed by atoms with Gasteiger partial charge in [-0.25, -0.2) is 4.98 Å². The molecule has 2 heterocycles. The second-order valence-corrected chi connectivity index (χ2v) is 6.06. The summed E-state index contributed by atoms with van der Waals surface area (Å²) >= 11 is 0. The summed E-state index contributed by atoms with van der Waals surface area (Å²) in [5.74, 6) is 1.37. The summed E-state index contributed by atoms with van der Waals surface area (Å²) in [7, 11) is 0. The molecule has 112 valence electrons. The number of aromatic nitrogens is 1. The van der Waals surface area contributed by atoms with E-state index in [4.69, 9.17) is 4.42 Å². The predicted octanol–water partition coefficient (Wildman–Crippen LogP) is 4.21. The van der Waals surface area contributed by atoms with Gasteiger partial charge in [0.15, 0.2) is 11.5 Å². The van der Waals surface area contributed by atoms with Gasteiger partial charge in [0.25, 0.3) is 0 Å². The maximum atomic E-state index is 5.93. The molecule has 1 aromatic heterocycles. The molecule has 3 nitrogen and oxygen atoms in total. The van der Waals surface area contributed by atoms with Gasteiger partial charge in [0.1, 0.15) is 5.52 Å². The highest BCUT2D eigenvalue weighted by molar-refractivity contribution is 5.72. The van der Waals surface area contributed by atoms with Gasteiger partial charge in [0.2, 0.25) is 0 Å². The van der Waals surface area contributed by atoms with Crippen LogP contribution in [0.4, 0.5) is 0 Å². The summed E-state index contributed by atoms with van der Waals surface area (Å²) in [6.07, 6.45) is 2.25. The van der Waals surface area contributed by atoms with Gasteiger partial charge in [0, 0.05) is 12.5 Å². The monoisotopic (exact) mass is 292 g/mol. The van der Waals surface area contributed by atoms with Crippen molar-refractivity contribution in [1.82, 2.24) is 9.88 Å². The van der Waals surface area contributed by atoms with Crippen LogP contribution in [0.1, 0.15) is 30.2 Å². The highest BCUT2D eigenvalue weighted by atomic mass is 16.3. The molecule has 22 heavy (non-hydrogen) atoms. The standard InChI is InChI=1S/C19H20N2O/c1-2-6-15(7-3-1)14-21-12-10-16(11-13-21)19-20-17-8-4-5-9-18(17)22-19/h1-9,16H,10-14H2. The number of hydrogen-bond acceptors (Lipinski definition) is 3. The average Bonchev–Trinajstić information content (AvgIpc) is 3.00. The summed E-state index contributed by atoms with van der Waals surface area (Å²) < 4.78 is 5.93. The van der Waals surface area contributed by atoms with Crippen LogP contribution in [0.15, 0.2) is 59.0 Å². The molecule has 0 N–H and O–H groups in total. The van der Waals surface area contributed by atoms with Crippen LogP contribution in [0, 0.1) is 0 Å². The molecule has 4 rings (SSSR count). The van der Waals surface area contributed by atoms with Gasteiger partial charge in [-0.05, 0) is 43.6 Å². The lowest BCUT2D eigenvalue weighted by atomic mass is 9.96. The molecule has 3 aromatic rings. The summed E-state index contributed by atoms with van der Waals surface area (Å²) in [5, 5.41) is 0. The molecule has 1 saturated heterocycles. The summed E-state index contributed by atoms with van der Waals surface area (Å²) in [6.45, 7) is 3.26. The predicted molar refractivity (Wildman–Crippen MR) is 87.7 cm³/mol. The van der Waals surface area contributed by atoms with Crippen LogP contribution >= 0.6 is 0 Å². The van der Waals surface area contributed by atoms with Crippen molar-refractivity contribution in [3.05, 3.63) is 66.1 Å². The van der Waals surface area contributed by atoms with E-state index in [0.29, 0.717) is 5.92 Å². The van der Waals surface area contributed by atoms with E-state index < -0.39 is 0 Å². The van der Waals surface area contributed by atoms with E-state index in [1.54, 1.807) is 0 Å². The van der Waals surface area contributed by atoms with Crippen molar-refractivity contribution in [3.63, 3.8) is 0 Å². The fraction of sp³-hybridized carbons (Fsp3) is 0.316. The van der Waals surface area contributed by atoms with E-state index in [1.165, 1.54) is 5.56 Å². The number of hydrogen-bond donors (Lipinski definition) is 0. The topological polar surface area (TPSA) is 29.3 Å². The molecule has 0 spiro atoms. The zero-order valence-electron chi connectivity index (χ0n) is 12.6. The first-order chi connectivity index (χ1) is 10.9. The number of para-hydroxylation sites is 2. The van der Waals surface area contributed by atoms with Crippen LogP contribution < -0.4 is 0 Å². The highest BCUT2D eigenvalue weighted by Crippen LogP contribution is 2.30. The van der Waals surface area contributed by atoms with Gasteiger partial charge >= 0.3 is 0 Å². The van der Waals surface area contributed by atoms with Gasteiger partial charge in [0.05, 0.1) is 0 Å². The Labute approximate surface area is 130 Å². The third-order valence-electron chi connectivity index (χ3n) is 4.50. The Morgan fingerprint density at radius 2 is 1.68 bits per heavy atom. The fourth-order valence-corrected chi connectivity index (χ4v) is 3.24. The zero-order valence-corrected chi connectivity index (χ0v) is 12.6. The second kappa shape index (κ2) is 5.93. The van der Waals surface area contributed by atoms with Crippen LogP contribution in [-0.2, 0) is 6.54 Å². The van der Waals surface area contributed by atoms with Gasteiger partial charge < -0.3 is 4.42 Å². The molecule has 0 amide bonds. The first-order valence-electron chi connectivity index (χ1n) is 8.00. The molecule has 0 atom stereocenters. The number of likely N-dealkylation sites (tertiary alicyclic amines) is 1. The van der Waals surface area contributed by atoms with Gasteiger partial charge in [-0.15, -0.1) is 0 Å². The molecule has 0 radical (unpaired) electrons. The SMILES string of the molecule is c1ccc(CN2CCC(c3nc4ccccc4o3)CC2)cc1. The Hall–Kier alpha value is -2.13. The number of nitrogens with zero attached hydrogens (tertiary/aromatic N) is 2. The van der Waals surface area contributed by atoms with E-state index in [0.717, 1.165) is 49.5 Å². The Kier molecular flexibility index (Phi) is 3.65. The zero-order chi connectivity index (χ0) is 14.8. The largest absolute Gasteiger partial charge is 0.440 e. The molecular weight excluding hydrogens is 272 g/mol. The highest BCUT2D eigenvalue weighted by Gasteiger charge is 2.24. The molecule has 1 aliphatic heterocycles. The number of benzene rings is 2. The first kappa shape index (κ1) is 13.5. The van der Waals surface area contributed by atoms with Crippen LogP contribution in [0.2, 0.25) is 0 Å². The van der Waals surface area contributed by atoms with Crippen molar-refractivity contribution in [2.45, 2.75) is 25.3 Å². The summed E-state index contributed by atoms with van der Waals surface area (Å²) in [4.78, 5) is 7.18. The molecule has 1 fully saturated rings. The van der Waals surface area contributed by atoms with E-state index in [-0.39, 0.29) is 0 Å². The Morgan fingerprint density at radius 1 is 0.955 bits per heavy atom. The summed E-state index contributed by atoms with van der Waals surface area (Å²) in [5.41, 5.74) is 3.27. The smallest absolute Gasteiger partial charge is 0.198 e. The minimum atomic E-state index is 0.458. The quantitative estimate of drug-likeness (QED) is 0.724. The van der Waals surface area contributed by atoms with Crippen molar-refractivity contribution in [3.8, 4) is 0 Å². The van der Waals surface area contributed by atoms with Crippen LogP contribution in [0.25, 0.3) is 11.1 Å². The molecule has 1 aliphatic rings. The first-order valence-corrected chi connectivity index (χ1v) is 8.00. The normalized spacial score (nSPS) is 17.1. The lowest BCUT2D eigenvalue weighted by Crippen LogP contribution is -2.32.